The summed E-state index contributed by atoms with van der Waals surface area (Å²) in [5, 5.41) is 0. The van der Waals surface area contributed by atoms with Crippen LogP contribution in [-0.4, -0.2) is 23.6 Å². The summed E-state index contributed by atoms with van der Waals surface area (Å²) >= 11 is 0. The summed E-state index contributed by atoms with van der Waals surface area (Å²) in [6.07, 6.45) is 0.742. The number of hydrogen-bond acceptors (Lipinski definition) is 3. The number of anilines is 1. The molecular formula is C12H21N3O. The predicted octanol–water partition coefficient (Wildman–Crippen LogP) is 1.81. The van der Waals surface area contributed by atoms with Gasteiger partial charge in [0.15, 0.2) is 0 Å². The Kier molecular flexibility index (Phi) is 3.73. The standard InChI is InChI=1S/C12H21N3O/c1-6-9-13-10(7-11(16)14-9)15(5)8-12(2,3)4/h7H,6,8H2,1-5H3,(H,13,14,16). The van der Waals surface area contributed by atoms with Crippen molar-refractivity contribution < 1.29 is 0 Å². The van der Waals surface area contributed by atoms with E-state index in [-0.39, 0.29) is 11.0 Å². The Labute approximate surface area is 96.7 Å². The molecule has 0 unspecified atom stereocenters. The van der Waals surface area contributed by atoms with E-state index >= 15 is 0 Å². The quantitative estimate of drug-likeness (QED) is 0.850. The maximum atomic E-state index is 11.4. The maximum Gasteiger partial charge on any atom is 0.252 e. The summed E-state index contributed by atoms with van der Waals surface area (Å²) in [7, 11) is 1.96. The van der Waals surface area contributed by atoms with Crippen LogP contribution < -0.4 is 10.5 Å². The Morgan fingerprint density at radius 2 is 2.06 bits per heavy atom. The molecule has 1 aromatic rings. The van der Waals surface area contributed by atoms with Crippen molar-refractivity contribution in [1.29, 1.82) is 0 Å². The lowest BCUT2D eigenvalue weighted by Crippen LogP contribution is -2.31. The zero-order valence-corrected chi connectivity index (χ0v) is 10.8. The first kappa shape index (κ1) is 12.7. The Balaban J connectivity index is 2.95. The molecule has 1 heterocycles. The van der Waals surface area contributed by atoms with Gasteiger partial charge >= 0.3 is 0 Å². The van der Waals surface area contributed by atoms with Crippen molar-refractivity contribution in [2.45, 2.75) is 34.1 Å². The normalized spacial score (nSPS) is 11.6. The van der Waals surface area contributed by atoms with Gasteiger partial charge in [-0.2, -0.15) is 0 Å². The van der Waals surface area contributed by atoms with Gasteiger partial charge in [0.1, 0.15) is 11.6 Å². The smallest absolute Gasteiger partial charge is 0.252 e. The number of aromatic amines is 1. The third-order valence-electron chi connectivity index (χ3n) is 2.21. The van der Waals surface area contributed by atoms with E-state index in [1.165, 1.54) is 0 Å². The number of aromatic nitrogens is 2. The van der Waals surface area contributed by atoms with Gasteiger partial charge < -0.3 is 9.88 Å². The van der Waals surface area contributed by atoms with E-state index < -0.39 is 0 Å². The fourth-order valence-corrected chi connectivity index (χ4v) is 1.65. The Bertz CT molecular complexity index is 403. The summed E-state index contributed by atoms with van der Waals surface area (Å²) in [4.78, 5) is 20.6. The highest BCUT2D eigenvalue weighted by atomic mass is 16.1. The highest BCUT2D eigenvalue weighted by Gasteiger charge is 2.15. The molecule has 0 aliphatic carbocycles. The van der Waals surface area contributed by atoms with Gasteiger partial charge in [-0.15, -0.1) is 0 Å². The Morgan fingerprint density at radius 1 is 1.44 bits per heavy atom. The van der Waals surface area contributed by atoms with Crippen LogP contribution in [0.5, 0.6) is 0 Å². The second kappa shape index (κ2) is 4.68. The molecule has 4 nitrogen and oxygen atoms in total. The number of hydrogen-bond donors (Lipinski definition) is 1. The number of nitrogens with one attached hydrogen (secondary N) is 1. The zero-order chi connectivity index (χ0) is 12.3. The van der Waals surface area contributed by atoms with Gasteiger partial charge in [0.05, 0.1) is 0 Å². The first-order chi connectivity index (χ1) is 7.31. The van der Waals surface area contributed by atoms with Gasteiger partial charge in [0, 0.05) is 26.1 Å². The van der Waals surface area contributed by atoms with Crippen LogP contribution in [0, 0.1) is 5.41 Å². The van der Waals surface area contributed by atoms with Gasteiger partial charge in [-0.25, -0.2) is 4.98 Å². The molecule has 1 rings (SSSR count). The van der Waals surface area contributed by atoms with Crippen molar-refractivity contribution in [1.82, 2.24) is 9.97 Å². The van der Waals surface area contributed by atoms with E-state index in [4.69, 9.17) is 0 Å². The summed E-state index contributed by atoms with van der Waals surface area (Å²) in [5.41, 5.74) is 0.105. The molecule has 0 fully saturated rings. The minimum atomic E-state index is -0.0809. The molecule has 0 atom stereocenters. The lowest BCUT2D eigenvalue weighted by Gasteiger charge is -2.27. The van der Waals surface area contributed by atoms with E-state index in [0.29, 0.717) is 0 Å². The van der Waals surface area contributed by atoms with Crippen LogP contribution >= 0.6 is 0 Å². The lowest BCUT2D eigenvalue weighted by molar-refractivity contribution is 0.417. The molecule has 0 aliphatic rings. The number of H-pyrrole nitrogens is 1. The highest BCUT2D eigenvalue weighted by Crippen LogP contribution is 2.17. The van der Waals surface area contributed by atoms with Crippen LogP contribution in [0.1, 0.15) is 33.5 Å². The van der Waals surface area contributed by atoms with E-state index in [0.717, 1.165) is 24.6 Å². The Morgan fingerprint density at radius 3 is 2.56 bits per heavy atom. The number of rotatable bonds is 3. The monoisotopic (exact) mass is 223 g/mol. The van der Waals surface area contributed by atoms with Crippen molar-refractivity contribution in [2.24, 2.45) is 5.41 Å². The summed E-state index contributed by atoms with van der Waals surface area (Å²) in [5.74, 6) is 1.48. The molecule has 4 heteroatoms. The fourth-order valence-electron chi connectivity index (χ4n) is 1.65. The van der Waals surface area contributed by atoms with Crippen LogP contribution in [0.25, 0.3) is 0 Å². The largest absolute Gasteiger partial charge is 0.359 e. The summed E-state index contributed by atoms with van der Waals surface area (Å²) < 4.78 is 0. The fraction of sp³-hybridized carbons (Fsp3) is 0.667. The van der Waals surface area contributed by atoms with E-state index in [9.17, 15) is 4.79 Å². The highest BCUT2D eigenvalue weighted by molar-refractivity contribution is 5.36. The van der Waals surface area contributed by atoms with Crippen LogP contribution in [0.4, 0.5) is 5.82 Å². The molecule has 0 aliphatic heterocycles. The topological polar surface area (TPSA) is 49.0 Å². The third kappa shape index (κ3) is 3.68. The molecule has 90 valence electrons. The molecule has 0 saturated heterocycles. The molecule has 0 aromatic carbocycles. The summed E-state index contributed by atoms with van der Waals surface area (Å²) in [6.45, 7) is 9.34. The average molecular weight is 223 g/mol. The van der Waals surface area contributed by atoms with Crippen molar-refractivity contribution >= 4 is 5.82 Å². The molecule has 16 heavy (non-hydrogen) atoms. The van der Waals surface area contributed by atoms with Crippen molar-refractivity contribution in [3.05, 3.63) is 22.2 Å². The molecular weight excluding hydrogens is 202 g/mol. The molecule has 0 bridgehead atoms. The first-order valence-corrected chi connectivity index (χ1v) is 5.63. The van der Waals surface area contributed by atoms with Gasteiger partial charge in [-0.3, -0.25) is 4.79 Å². The second-order valence-electron chi connectivity index (χ2n) is 5.32. The van der Waals surface area contributed by atoms with Gasteiger partial charge in [0.25, 0.3) is 5.56 Å². The van der Waals surface area contributed by atoms with Crippen LogP contribution in [0.2, 0.25) is 0 Å². The van der Waals surface area contributed by atoms with Crippen molar-refractivity contribution in [3.8, 4) is 0 Å². The van der Waals surface area contributed by atoms with Crippen molar-refractivity contribution in [2.75, 3.05) is 18.5 Å². The predicted molar refractivity (Wildman–Crippen MR) is 67.0 cm³/mol. The average Bonchev–Trinajstić information content (AvgIpc) is 2.14. The maximum absolute atomic E-state index is 11.4. The van der Waals surface area contributed by atoms with Crippen LogP contribution in [-0.2, 0) is 6.42 Å². The first-order valence-electron chi connectivity index (χ1n) is 5.63. The molecule has 1 N–H and O–H groups in total. The van der Waals surface area contributed by atoms with E-state index in [1.807, 2.05) is 18.9 Å². The minimum Gasteiger partial charge on any atom is -0.359 e. The van der Waals surface area contributed by atoms with Crippen LogP contribution in [0.3, 0.4) is 0 Å². The number of nitrogens with zero attached hydrogens (tertiary/aromatic N) is 2. The molecule has 1 aromatic heterocycles. The van der Waals surface area contributed by atoms with E-state index in [1.54, 1.807) is 6.07 Å². The molecule has 0 spiro atoms. The summed E-state index contributed by atoms with van der Waals surface area (Å²) in [6, 6.07) is 1.55. The lowest BCUT2D eigenvalue weighted by atomic mass is 9.96. The Hall–Kier alpha value is -1.32. The van der Waals surface area contributed by atoms with Gasteiger partial charge in [-0.05, 0) is 5.41 Å². The second-order valence-corrected chi connectivity index (χ2v) is 5.32. The zero-order valence-electron chi connectivity index (χ0n) is 10.8. The SMILES string of the molecule is CCc1nc(N(C)CC(C)(C)C)cc(=O)[nH]1. The van der Waals surface area contributed by atoms with Gasteiger partial charge in [-0.1, -0.05) is 27.7 Å². The van der Waals surface area contributed by atoms with Crippen LogP contribution in [0.15, 0.2) is 10.9 Å². The van der Waals surface area contributed by atoms with Crippen molar-refractivity contribution in [3.63, 3.8) is 0 Å². The van der Waals surface area contributed by atoms with E-state index in [2.05, 4.69) is 30.7 Å². The number of aryl methyl sites for hydroxylation is 1. The minimum absolute atomic E-state index is 0.0809. The van der Waals surface area contributed by atoms with Gasteiger partial charge in [0.2, 0.25) is 0 Å². The molecule has 0 radical (unpaired) electrons. The molecule has 0 amide bonds. The molecule has 0 saturated carbocycles. The third-order valence-corrected chi connectivity index (χ3v) is 2.21.